The van der Waals surface area contributed by atoms with E-state index < -0.39 is 0 Å². The highest BCUT2D eigenvalue weighted by Crippen LogP contribution is 2.24. The van der Waals surface area contributed by atoms with Crippen molar-refractivity contribution in [3.63, 3.8) is 0 Å². The molecular weight excluding hydrogens is 492 g/mol. The second-order valence-electron chi connectivity index (χ2n) is 7.93. The van der Waals surface area contributed by atoms with Crippen LogP contribution in [0.4, 0.5) is 21.6 Å². The Hall–Kier alpha value is -4.35. The number of para-hydroxylation sites is 4. The molecule has 11 heteroatoms. The van der Waals surface area contributed by atoms with Gasteiger partial charge in [0, 0.05) is 11.4 Å². The molecule has 0 amide bonds. The van der Waals surface area contributed by atoms with E-state index in [4.69, 9.17) is 0 Å². The van der Waals surface area contributed by atoms with Gasteiger partial charge in [0.1, 0.15) is 10.0 Å². The van der Waals surface area contributed by atoms with Gasteiger partial charge in [0.15, 0.2) is 0 Å². The third-order valence-corrected chi connectivity index (χ3v) is 7.14. The zero-order chi connectivity index (χ0) is 24.3. The van der Waals surface area contributed by atoms with Gasteiger partial charge in [-0.15, -0.1) is 20.4 Å². The number of nitrogens with one attached hydrogen (secondary N) is 2. The predicted molar refractivity (Wildman–Crippen MR) is 144 cm³/mol. The molecule has 6 aromatic rings. The first-order valence-electron chi connectivity index (χ1n) is 11.2. The standard InChI is InChI=1S/C25H20N8OS2/c34-25-32(15-21-28-30-23(35-21)26-17-9-3-1-4-10-17)19-13-7-8-14-20(19)33(25)16-22-29-31-24(36-22)27-18-11-5-2-6-12-18/h1-14H,15-16H2,(H,26,30)(H,27,31). The van der Waals surface area contributed by atoms with Crippen molar-refractivity contribution in [3.05, 3.63) is 105 Å². The Morgan fingerprint density at radius 2 is 1.00 bits per heavy atom. The Morgan fingerprint density at radius 1 is 0.583 bits per heavy atom. The Morgan fingerprint density at radius 3 is 1.44 bits per heavy atom. The average Bonchev–Trinajstić information content (AvgIpc) is 3.61. The Balaban J connectivity index is 1.25. The molecule has 0 saturated heterocycles. The second-order valence-corrected chi connectivity index (χ2v) is 10.1. The molecule has 6 rings (SSSR count). The summed E-state index contributed by atoms with van der Waals surface area (Å²) in [6, 6.07) is 27.4. The van der Waals surface area contributed by atoms with Gasteiger partial charge < -0.3 is 10.6 Å². The minimum absolute atomic E-state index is 0.128. The van der Waals surface area contributed by atoms with Crippen molar-refractivity contribution in [2.24, 2.45) is 0 Å². The zero-order valence-corrected chi connectivity index (χ0v) is 20.5. The topological polar surface area (TPSA) is 103 Å². The van der Waals surface area contributed by atoms with E-state index in [9.17, 15) is 4.79 Å². The van der Waals surface area contributed by atoms with E-state index in [2.05, 4.69) is 31.0 Å². The molecule has 0 spiro atoms. The molecule has 0 bridgehead atoms. The molecule has 0 unspecified atom stereocenters. The molecule has 2 N–H and O–H groups in total. The molecule has 0 saturated carbocycles. The highest BCUT2D eigenvalue weighted by molar-refractivity contribution is 7.15. The van der Waals surface area contributed by atoms with Crippen molar-refractivity contribution in [2.45, 2.75) is 13.1 Å². The second kappa shape index (κ2) is 9.72. The number of hydrogen-bond acceptors (Lipinski definition) is 9. The zero-order valence-electron chi connectivity index (χ0n) is 18.9. The maximum absolute atomic E-state index is 13.5. The summed E-state index contributed by atoms with van der Waals surface area (Å²) >= 11 is 2.85. The first-order valence-corrected chi connectivity index (χ1v) is 12.8. The lowest BCUT2D eigenvalue weighted by Gasteiger charge is -2.00. The maximum Gasteiger partial charge on any atom is 0.329 e. The quantitative estimate of drug-likeness (QED) is 0.293. The van der Waals surface area contributed by atoms with Crippen molar-refractivity contribution in [2.75, 3.05) is 10.6 Å². The number of imidazole rings is 1. The van der Waals surface area contributed by atoms with Gasteiger partial charge >= 0.3 is 5.69 Å². The van der Waals surface area contributed by atoms with E-state index in [1.165, 1.54) is 22.7 Å². The molecule has 0 fully saturated rings. The van der Waals surface area contributed by atoms with E-state index in [0.29, 0.717) is 23.4 Å². The van der Waals surface area contributed by atoms with Crippen LogP contribution >= 0.6 is 22.7 Å². The molecule has 0 atom stereocenters. The number of aromatic nitrogens is 6. The normalized spacial score (nSPS) is 11.1. The molecule has 9 nitrogen and oxygen atoms in total. The van der Waals surface area contributed by atoms with Crippen LogP contribution in [-0.4, -0.2) is 29.5 Å². The fourth-order valence-corrected chi connectivity index (χ4v) is 5.37. The van der Waals surface area contributed by atoms with E-state index in [1.807, 2.05) is 84.9 Å². The highest BCUT2D eigenvalue weighted by Gasteiger charge is 2.17. The maximum atomic E-state index is 13.5. The summed E-state index contributed by atoms with van der Waals surface area (Å²) in [7, 11) is 0. The number of fused-ring (bicyclic) bond motifs is 1. The lowest BCUT2D eigenvalue weighted by molar-refractivity contribution is 0.689. The lowest BCUT2D eigenvalue weighted by Crippen LogP contribution is -2.25. The van der Waals surface area contributed by atoms with Crippen molar-refractivity contribution in [3.8, 4) is 0 Å². The summed E-state index contributed by atoms with van der Waals surface area (Å²) in [6.45, 7) is 0.662. The molecule has 0 aliphatic carbocycles. The van der Waals surface area contributed by atoms with Crippen molar-refractivity contribution in [1.82, 2.24) is 29.5 Å². The van der Waals surface area contributed by atoms with Gasteiger partial charge in [-0.1, -0.05) is 71.2 Å². The first kappa shape index (κ1) is 22.1. The Kier molecular flexibility index (Phi) is 5.98. The van der Waals surface area contributed by atoms with Gasteiger partial charge in [-0.3, -0.25) is 9.13 Å². The van der Waals surface area contributed by atoms with Gasteiger partial charge in [0.05, 0.1) is 24.1 Å². The van der Waals surface area contributed by atoms with E-state index in [0.717, 1.165) is 32.4 Å². The van der Waals surface area contributed by atoms with E-state index >= 15 is 0 Å². The minimum atomic E-state index is -0.128. The van der Waals surface area contributed by atoms with Crippen LogP contribution in [0.25, 0.3) is 11.0 Å². The number of anilines is 4. The Labute approximate surface area is 213 Å². The molecule has 178 valence electrons. The largest absolute Gasteiger partial charge is 0.330 e. The van der Waals surface area contributed by atoms with Gasteiger partial charge in [-0.25, -0.2) is 4.79 Å². The van der Waals surface area contributed by atoms with E-state index in [-0.39, 0.29) is 5.69 Å². The molecule has 36 heavy (non-hydrogen) atoms. The number of benzene rings is 3. The summed E-state index contributed by atoms with van der Waals surface area (Å²) in [5, 5.41) is 26.4. The molecular formula is C25H20N8OS2. The molecule has 0 aliphatic heterocycles. The molecule has 0 aliphatic rings. The first-order chi connectivity index (χ1) is 17.7. The van der Waals surface area contributed by atoms with Crippen LogP contribution in [0.3, 0.4) is 0 Å². The van der Waals surface area contributed by atoms with Crippen molar-refractivity contribution < 1.29 is 0 Å². The van der Waals surface area contributed by atoms with Crippen LogP contribution in [0.2, 0.25) is 0 Å². The molecule has 3 aromatic carbocycles. The molecule has 3 heterocycles. The summed E-state index contributed by atoms with van der Waals surface area (Å²) in [5.74, 6) is 0. The fourth-order valence-electron chi connectivity index (χ4n) is 3.87. The number of rotatable bonds is 8. The predicted octanol–water partition coefficient (Wildman–Crippen LogP) is 5.09. The lowest BCUT2D eigenvalue weighted by atomic mass is 10.3. The summed E-state index contributed by atoms with van der Waals surface area (Å²) in [6.07, 6.45) is 0. The smallest absolute Gasteiger partial charge is 0.329 e. The van der Waals surface area contributed by atoms with E-state index in [1.54, 1.807) is 9.13 Å². The fraction of sp³-hybridized carbons (Fsp3) is 0.0800. The van der Waals surface area contributed by atoms with Gasteiger partial charge in [0.25, 0.3) is 0 Å². The minimum Gasteiger partial charge on any atom is -0.330 e. The molecule has 3 aromatic heterocycles. The SMILES string of the molecule is O=c1n(Cc2nnc(Nc3ccccc3)s2)c2ccccc2n1Cc1nnc(Nc2ccccc2)s1. The van der Waals surface area contributed by atoms with Crippen LogP contribution < -0.4 is 16.3 Å². The van der Waals surface area contributed by atoms with Gasteiger partial charge in [0.2, 0.25) is 10.3 Å². The van der Waals surface area contributed by atoms with Crippen molar-refractivity contribution in [1.29, 1.82) is 0 Å². The van der Waals surface area contributed by atoms with Crippen LogP contribution in [0.5, 0.6) is 0 Å². The summed E-state index contributed by atoms with van der Waals surface area (Å²) < 4.78 is 3.46. The monoisotopic (exact) mass is 512 g/mol. The summed E-state index contributed by atoms with van der Waals surface area (Å²) in [5.41, 5.74) is 3.42. The van der Waals surface area contributed by atoms with Crippen molar-refractivity contribution >= 4 is 55.3 Å². The van der Waals surface area contributed by atoms with Crippen LogP contribution in [0, 0.1) is 0 Å². The van der Waals surface area contributed by atoms with Gasteiger partial charge in [-0.2, -0.15) is 0 Å². The number of hydrogen-bond donors (Lipinski definition) is 2. The number of nitrogens with zero attached hydrogens (tertiary/aromatic N) is 6. The summed E-state index contributed by atoms with van der Waals surface area (Å²) in [4.78, 5) is 13.5. The molecule has 0 radical (unpaired) electrons. The third kappa shape index (κ3) is 4.61. The van der Waals surface area contributed by atoms with Crippen LogP contribution in [0.1, 0.15) is 10.0 Å². The van der Waals surface area contributed by atoms with Crippen LogP contribution in [-0.2, 0) is 13.1 Å². The Bertz CT molecular complexity index is 1550. The van der Waals surface area contributed by atoms with Gasteiger partial charge in [-0.05, 0) is 36.4 Å². The average molecular weight is 513 g/mol. The third-order valence-electron chi connectivity index (χ3n) is 5.50. The highest BCUT2D eigenvalue weighted by atomic mass is 32.1. The van der Waals surface area contributed by atoms with Crippen LogP contribution in [0.15, 0.2) is 89.7 Å².